The molecule has 1 aromatic heterocycles. The number of carbonyl (C=O) groups is 1. The second-order valence-corrected chi connectivity index (χ2v) is 11.2. The van der Waals surface area contributed by atoms with Crippen molar-refractivity contribution in [1.82, 2.24) is 9.47 Å². The minimum Gasteiger partial charge on any atom is -0.494 e. The summed E-state index contributed by atoms with van der Waals surface area (Å²) in [5, 5.41) is 14.0. The average Bonchev–Trinajstić information content (AvgIpc) is 3.52. The number of rotatable bonds is 10. The minimum atomic E-state index is -0.405. The Morgan fingerprint density at radius 1 is 0.974 bits per heavy atom. The third-order valence-corrected chi connectivity index (χ3v) is 8.59. The van der Waals surface area contributed by atoms with Crippen molar-refractivity contribution in [3.8, 4) is 23.1 Å². The van der Waals surface area contributed by atoms with Gasteiger partial charge < -0.3 is 18.9 Å². The first-order chi connectivity index (χ1) is 19.2. The van der Waals surface area contributed by atoms with Crippen molar-refractivity contribution in [3.05, 3.63) is 48.0 Å². The lowest BCUT2D eigenvalue weighted by molar-refractivity contribution is 0.0624. The number of likely N-dealkylation sites (tertiary alicyclic amines) is 1. The van der Waals surface area contributed by atoms with Crippen molar-refractivity contribution >= 4 is 22.7 Å². The lowest BCUT2D eigenvalue weighted by Gasteiger charge is -2.30. The van der Waals surface area contributed by atoms with Crippen molar-refractivity contribution < 1.29 is 14.3 Å². The number of nitriles is 1. The molecule has 6 rings (SSSR count). The van der Waals surface area contributed by atoms with Crippen molar-refractivity contribution in [1.29, 1.82) is 5.26 Å². The van der Waals surface area contributed by atoms with Gasteiger partial charge in [-0.25, -0.2) is 4.79 Å². The summed E-state index contributed by atoms with van der Waals surface area (Å²) in [6, 6.07) is 16.8. The Morgan fingerprint density at radius 3 is 2.41 bits per heavy atom. The zero-order chi connectivity index (χ0) is 26.6. The Morgan fingerprint density at radius 2 is 1.74 bits per heavy atom. The maximum Gasteiger partial charge on any atom is 0.411 e. The SMILES string of the molecule is N#Cc1c(-c2ccc(NC(=O)OC3CCC3)cc2)n(C2CCC2)c2cc(OCCCCN3CCCC3)ccc12. The molecule has 1 amide bonds. The van der Waals surface area contributed by atoms with Crippen molar-refractivity contribution in [2.45, 2.75) is 76.4 Å². The molecule has 0 radical (unpaired) electrons. The molecule has 1 aliphatic heterocycles. The lowest BCUT2D eigenvalue weighted by atomic mass is 9.92. The monoisotopic (exact) mass is 526 g/mol. The molecule has 3 aliphatic rings. The van der Waals surface area contributed by atoms with Crippen molar-refractivity contribution in [2.24, 2.45) is 0 Å². The maximum absolute atomic E-state index is 12.2. The van der Waals surface area contributed by atoms with Crippen LogP contribution in [0.3, 0.4) is 0 Å². The predicted molar refractivity (Wildman–Crippen MR) is 153 cm³/mol. The van der Waals surface area contributed by atoms with Crippen LogP contribution in [0.2, 0.25) is 0 Å². The topological polar surface area (TPSA) is 79.5 Å². The Balaban J connectivity index is 1.20. The second kappa shape index (κ2) is 11.7. The van der Waals surface area contributed by atoms with Gasteiger partial charge >= 0.3 is 6.09 Å². The number of carbonyl (C=O) groups excluding carboxylic acids is 1. The van der Waals surface area contributed by atoms with E-state index >= 15 is 0 Å². The third-order valence-electron chi connectivity index (χ3n) is 8.59. The first-order valence-electron chi connectivity index (χ1n) is 14.7. The van der Waals surface area contributed by atoms with Crippen LogP contribution in [0.5, 0.6) is 5.75 Å². The zero-order valence-corrected chi connectivity index (χ0v) is 22.7. The van der Waals surface area contributed by atoms with Gasteiger partial charge in [0.15, 0.2) is 0 Å². The number of unbranched alkanes of at least 4 members (excludes halogenated alkanes) is 1. The molecule has 7 nitrogen and oxygen atoms in total. The number of benzene rings is 2. The molecule has 3 aromatic rings. The normalized spacial score (nSPS) is 17.9. The summed E-state index contributed by atoms with van der Waals surface area (Å²) >= 11 is 0. The maximum atomic E-state index is 12.2. The van der Waals surface area contributed by atoms with Crippen LogP contribution in [-0.4, -0.2) is 47.9 Å². The van der Waals surface area contributed by atoms with Crippen LogP contribution in [0.1, 0.15) is 75.8 Å². The number of hydrogen-bond acceptors (Lipinski definition) is 5. The largest absolute Gasteiger partial charge is 0.494 e. The number of nitrogens with zero attached hydrogens (tertiary/aromatic N) is 3. The Labute approximate surface area is 230 Å². The van der Waals surface area contributed by atoms with Crippen LogP contribution < -0.4 is 10.1 Å². The number of amides is 1. The highest BCUT2D eigenvalue weighted by atomic mass is 16.6. The van der Waals surface area contributed by atoms with Crippen LogP contribution >= 0.6 is 0 Å². The summed E-state index contributed by atoms with van der Waals surface area (Å²) in [6.07, 6.45) is 10.9. The molecule has 1 saturated heterocycles. The van der Waals surface area contributed by atoms with E-state index in [0.29, 0.717) is 23.9 Å². The fourth-order valence-electron chi connectivity index (χ4n) is 5.93. The second-order valence-electron chi connectivity index (χ2n) is 11.2. The van der Waals surface area contributed by atoms with Crippen molar-refractivity contribution in [3.63, 3.8) is 0 Å². The highest BCUT2D eigenvalue weighted by molar-refractivity contribution is 5.96. The molecule has 1 N–H and O–H groups in total. The number of nitrogens with one attached hydrogen (secondary N) is 1. The van der Waals surface area contributed by atoms with Gasteiger partial charge in [0, 0.05) is 23.2 Å². The van der Waals surface area contributed by atoms with Gasteiger partial charge in [0.25, 0.3) is 0 Å². The summed E-state index contributed by atoms with van der Waals surface area (Å²) in [6.45, 7) is 4.35. The van der Waals surface area contributed by atoms with E-state index < -0.39 is 6.09 Å². The van der Waals surface area contributed by atoms with Gasteiger partial charge in [0.1, 0.15) is 17.9 Å². The summed E-state index contributed by atoms with van der Waals surface area (Å²) in [5.41, 5.74) is 4.36. The van der Waals surface area contributed by atoms with Gasteiger partial charge in [-0.3, -0.25) is 5.32 Å². The molecule has 3 fully saturated rings. The van der Waals surface area contributed by atoms with E-state index in [2.05, 4.69) is 26.9 Å². The van der Waals surface area contributed by atoms with Gasteiger partial charge in [-0.05, 0) is 114 Å². The van der Waals surface area contributed by atoms with Gasteiger partial charge in [-0.2, -0.15) is 5.26 Å². The van der Waals surface area contributed by atoms with Gasteiger partial charge in [0.2, 0.25) is 0 Å². The highest BCUT2D eigenvalue weighted by Gasteiger charge is 2.28. The Bertz CT molecular complexity index is 1340. The van der Waals surface area contributed by atoms with Crippen LogP contribution in [0.15, 0.2) is 42.5 Å². The van der Waals surface area contributed by atoms with E-state index in [-0.39, 0.29) is 6.10 Å². The standard InChI is InChI=1S/C32H38N4O3/c33-22-29-28-16-15-27(38-20-4-3-19-35-17-1-2-18-35)21-30(28)36(25-7-5-8-25)31(29)23-11-13-24(14-12-23)34-32(37)39-26-9-6-10-26/h11-16,21,25-26H,1-10,17-20H2,(H,34,37). The molecular formula is C32H38N4O3. The summed E-state index contributed by atoms with van der Waals surface area (Å²) in [5.74, 6) is 0.863. The van der Waals surface area contributed by atoms with E-state index in [9.17, 15) is 10.1 Å². The van der Waals surface area contributed by atoms with Crippen molar-refractivity contribution in [2.75, 3.05) is 31.6 Å². The molecule has 0 spiro atoms. The molecule has 7 heteroatoms. The molecule has 2 aliphatic carbocycles. The third kappa shape index (κ3) is 5.62. The predicted octanol–water partition coefficient (Wildman–Crippen LogP) is 7.26. The molecule has 0 bridgehead atoms. The lowest BCUT2D eigenvalue weighted by Crippen LogP contribution is -2.27. The Kier molecular flexibility index (Phi) is 7.74. The summed E-state index contributed by atoms with van der Waals surface area (Å²) < 4.78 is 14.0. The number of fused-ring (bicyclic) bond motifs is 1. The Hall–Kier alpha value is -3.50. The van der Waals surface area contributed by atoms with E-state index in [0.717, 1.165) is 79.4 Å². The molecular weight excluding hydrogens is 488 g/mol. The average molecular weight is 527 g/mol. The van der Waals surface area contributed by atoms with Gasteiger partial charge in [0.05, 0.1) is 23.4 Å². The number of anilines is 1. The molecule has 204 valence electrons. The summed E-state index contributed by atoms with van der Waals surface area (Å²) in [7, 11) is 0. The molecule has 2 aromatic carbocycles. The van der Waals surface area contributed by atoms with E-state index in [1.165, 1.54) is 32.4 Å². The van der Waals surface area contributed by atoms with E-state index in [4.69, 9.17) is 9.47 Å². The fourth-order valence-corrected chi connectivity index (χ4v) is 5.93. The summed E-state index contributed by atoms with van der Waals surface area (Å²) in [4.78, 5) is 14.7. The molecule has 39 heavy (non-hydrogen) atoms. The number of hydrogen-bond donors (Lipinski definition) is 1. The van der Waals surface area contributed by atoms with Crippen LogP contribution in [-0.2, 0) is 4.74 Å². The smallest absolute Gasteiger partial charge is 0.411 e. The van der Waals surface area contributed by atoms with E-state index in [1.54, 1.807) is 0 Å². The number of ether oxygens (including phenoxy) is 2. The van der Waals surface area contributed by atoms with Crippen LogP contribution in [0.25, 0.3) is 22.2 Å². The van der Waals surface area contributed by atoms with Crippen LogP contribution in [0.4, 0.5) is 10.5 Å². The van der Waals surface area contributed by atoms with Gasteiger partial charge in [-0.1, -0.05) is 12.1 Å². The zero-order valence-electron chi connectivity index (χ0n) is 22.7. The molecule has 2 heterocycles. The first kappa shape index (κ1) is 25.8. The quantitative estimate of drug-likeness (QED) is 0.281. The molecule has 0 unspecified atom stereocenters. The van der Waals surface area contributed by atoms with Crippen LogP contribution in [0, 0.1) is 11.3 Å². The van der Waals surface area contributed by atoms with Gasteiger partial charge in [-0.15, -0.1) is 0 Å². The molecule has 2 saturated carbocycles. The fraction of sp³-hybridized carbons (Fsp3) is 0.500. The number of aromatic nitrogens is 1. The molecule has 0 atom stereocenters. The first-order valence-corrected chi connectivity index (χ1v) is 14.7. The van der Waals surface area contributed by atoms with E-state index in [1.807, 2.05) is 36.4 Å². The minimum absolute atomic E-state index is 0.0458. The highest BCUT2D eigenvalue weighted by Crippen LogP contribution is 2.43.